The Morgan fingerprint density at radius 3 is 3.00 bits per heavy atom. The van der Waals surface area contributed by atoms with Crippen molar-refractivity contribution in [2.45, 2.75) is 19.8 Å². The first kappa shape index (κ1) is 14.1. The van der Waals surface area contributed by atoms with E-state index in [1.54, 1.807) is 0 Å². The molecule has 1 rings (SSSR count). The van der Waals surface area contributed by atoms with Crippen molar-refractivity contribution in [2.24, 2.45) is 0 Å². The Hall–Kier alpha value is -2.00. The first-order valence-electron chi connectivity index (χ1n) is 5.06. The summed E-state index contributed by atoms with van der Waals surface area (Å²) in [5.41, 5.74) is 0. The van der Waals surface area contributed by atoms with Crippen LogP contribution in [0.5, 0.6) is 0 Å². The van der Waals surface area contributed by atoms with E-state index < -0.39 is 17.0 Å². The van der Waals surface area contributed by atoms with Crippen LogP contribution in [0.4, 0.5) is 5.95 Å². The second kappa shape index (κ2) is 6.67. The summed E-state index contributed by atoms with van der Waals surface area (Å²) in [4.78, 5) is 24.0. The third-order valence-electron chi connectivity index (χ3n) is 1.98. The number of hydrogen-bond donors (Lipinski definition) is 1. The molecule has 1 atom stereocenters. The van der Waals surface area contributed by atoms with Gasteiger partial charge in [-0.25, -0.2) is 4.57 Å². The zero-order chi connectivity index (χ0) is 13.5. The molecule has 1 heterocycles. The number of imidazole rings is 1. The first-order valence-corrected chi connectivity index (χ1v) is 5.06. The van der Waals surface area contributed by atoms with Crippen molar-refractivity contribution in [3.8, 4) is 0 Å². The van der Waals surface area contributed by atoms with Crippen LogP contribution < -0.4 is 0 Å². The van der Waals surface area contributed by atoms with Crippen molar-refractivity contribution >= 4 is 11.9 Å². The van der Waals surface area contributed by atoms with Gasteiger partial charge in [-0.1, -0.05) is 4.98 Å². The van der Waals surface area contributed by atoms with Gasteiger partial charge in [-0.15, -0.1) is 0 Å². The van der Waals surface area contributed by atoms with Crippen LogP contribution in [-0.4, -0.2) is 44.9 Å². The highest BCUT2D eigenvalue weighted by Gasteiger charge is 2.16. The SMILES string of the molecule is CC(=O)OCC(CO)OCn1ccnc1[N+](=O)[O-]. The Kier molecular flexibility index (Phi) is 5.21. The van der Waals surface area contributed by atoms with Gasteiger partial charge in [0, 0.05) is 6.92 Å². The molecule has 1 aromatic rings. The summed E-state index contributed by atoms with van der Waals surface area (Å²) in [5.74, 6) is -0.857. The maximum atomic E-state index is 10.6. The van der Waals surface area contributed by atoms with E-state index in [4.69, 9.17) is 9.84 Å². The van der Waals surface area contributed by atoms with Crippen molar-refractivity contribution in [2.75, 3.05) is 13.2 Å². The molecule has 1 unspecified atom stereocenters. The highest BCUT2D eigenvalue weighted by atomic mass is 16.6. The fraction of sp³-hybridized carbons (Fsp3) is 0.556. The van der Waals surface area contributed by atoms with Gasteiger partial charge < -0.3 is 24.7 Å². The molecule has 0 spiro atoms. The molecule has 0 amide bonds. The number of esters is 1. The molecule has 18 heavy (non-hydrogen) atoms. The molecule has 0 saturated carbocycles. The number of nitro groups is 1. The zero-order valence-corrected chi connectivity index (χ0v) is 9.68. The number of aliphatic hydroxyl groups excluding tert-OH is 1. The molecule has 0 fully saturated rings. The molecule has 0 radical (unpaired) electrons. The normalized spacial score (nSPS) is 12.1. The lowest BCUT2D eigenvalue weighted by molar-refractivity contribution is -0.397. The minimum atomic E-state index is -0.740. The van der Waals surface area contributed by atoms with Gasteiger partial charge in [0.1, 0.15) is 25.1 Å². The molecule has 1 aromatic heterocycles. The number of aromatic nitrogens is 2. The van der Waals surface area contributed by atoms with Gasteiger partial charge in [0.15, 0.2) is 6.73 Å². The lowest BCUT2D eigenvalue weighted by Crippen LogP contribution is -2.26. The van der Waals surface area contributed by atoms with Crippen molar-refractivity contribution in [3.05, 3.63) is 22.5 Å². The molecule has 0 bridgehead atoms. The van der Waals surface area contributed by atoms with E-state index in [1.807, 2.05) is 0 Å². The molecule has 100 valence electrons. The summed E-state index contributed by atoms with van der Waals surface area (Å²) in [6.45, 7) is 0.585. The smallest absolute Gasteiger partial charge is 0.436 e. The number of carbonyl (C=O) groups is 1. The Balaban J connectivity index is 2.49. The Morgan fingerprint density at radius 2 is 2.44 bits per heavy atom. The fourth-order valence-corrected chi connectivity index (χ4v) is 1.12. The van der Waals surface area contributed by atoms with Crippen molar-refractivity contribution in [3.63, 3.8) is 0 Å². The topological polar surface area (TPSA) is 117 Å². The molecule has 0 aliphatic heterocycles. The van der Waals surface area contributed by atoms with Gasteiger partial charge >= 0.3 is 11.9 Å². The second-order valence-electron chi connectivity index (χ2n) is 3.36. The predicted octanol–water partition coefficient (Wildman–Crippen LogP) is -0.311. The summed E-state index contributed by atoms with van der Waals surface area (Å²) >= 11 is 0. The molecular weight excluding hydrogens is 246 g/mol. The highest BCUT2D eigenvalue weighted by Crippen LogP contribution is 2.08. The third kappa shape index (κ3) is 4.11. The number of ether oxygens (including phenoxy) is 2. The Labute approximate surface area is 102 Å². The van der Waals surface area contributed by atoms with E-state index in [1.165, 1.54) is 19.3 Å². The predicted molar refractivity (Wildman–Crippen MR) is 57.5 cm³/mol. The molecule has 0 saturated heterocycles. The molecule has 0 aliphatic carbocycles. The van der Waals surface area contributed by atoms with Gasteiger partial charge in [-0.3, -0.25) is 4.79 Å². The minimum Gasteiger partial charge on any atom is -0.463 e. The fourth-order valence-electron chi connectivity index (χ4n) is 1.12. The van der Waals surface area contributed by atoms with E-state index in [2.05, 4.69) is 9.72 Å². The zero-order valence-electron chi connectivity index (χ0n) is 9.68. The van der Waals surface area contributed by atoms with Crippen molar-refractivity contribution < 1.29 is 24.3 Å². The van der Waals surface area contributed by atoms with E-state index >= 15 is 0 Å². The lowest BCUT2D eigenvalue weighted by Gasteiger charge is -2.14. The number of hydrogen-bond acceptors (Lipinski definition) is 7. The minimum absolute atomic E-state index is 0.117. The monoisotopic (exact) mass is 259 g/mol. The van der Waals surface area contributed by atoms with Crippen molar-refractivity contribution in [1.29, 1.82) is 0 Å². The van der Waals surface area contributed by atoms with E-state index in [9.17, 15) is 14.9 Å². The third-order valence-corrected chi connectivity index (χ3v) is 1.98. The standard InChI is InChI=1S/C9H13N3O6/c1-7(14)17-5-8(4-13)18-6-11-3-2-10-9(11)12(15)16/h2-3,8,13H,4-6H2,1H3. The quantitative estimate of drug-likeness (QED) is 0.405. The van der Waals surface area contributed by atoms with Crippen LogP contribution >= 0.6 is 0 Å². The number of nitrogens with zero attached hydrogens (tertiary/aromatic N) is 3. The van der Waals surface area contributed by atoms with E-state index in [0.717, 1.165) is 4.57 Å². The molecular formula is C9H13N3O6. The van der Waals surface area contributed by atoms with E-state index in [-0.39, 0.29) is 25.9 Å². The van der Waals surface area contributed by atoms with Crippen LogP contribution in [0.1, 0.15) is 6.92 Å². The molecule has 1 N–H and O–H groups in total. The Morgan fingerprint density at radius 1 is 1.72 bits per heavy atom. The van der Waals surface area contributed by atoms with Gasteiger partial charge in [-0.2, -0.15) is 0 Å². The van der Waals surface area contributed by atoms with Crippen LogP contribution in [0.2, 0.25) is 0 Å². The van der Waals surface area contributed by atoms with Crippen LogP contribution in [0.25, 0.3) is 0 Å². The number of rotatable bonds is 7. The average molecular weight is 259 g/mol. The lowest BCUT2D eigenvalue weighted by atomic mass is 10.4. The van der Waals surface area contributed by atoms with Gasteiger partial charge in [0.05, 0.1) is 6.61 Å². The van der Waals surface area contributed by atoms with Crippen LogP contribution in [0, 0.1) is 10.1 Å². The van der Waals surface area contributed by atoms with Crippen molar-refractivity contribution in [1.82, 2.24) is 9.55 Å². The molecule has 0 aromatic carbocycles. The Bertz CT molecular complexity index is 418. The maximum Gasteiger partial charge on any atom is 0.436 e. The molecule has 9 nitrogen and oxygen atoms in total. The van der Waals surface area contributed by atoms with Crippen LogP contribution in [0.3, 0.4) is 0 Å². The highest BCUT2D eigenvalue weighted by molar-refractivity contribution is 5.65. The summed E-state index contributed by atoms with van der Waals surface area (Å²) in [7, 11) is 0. The van der Waals surface area contributed by atoms with Crippen LogP contribution in [-0.2, 0) is 21.0 Å². The summed E-state index contributed by atoms with van der Waals surface area (Å²) in [6, 6.07) is 0. The largest absolute Gasteiger partial charge is 0.463 e. The maximum absolute atomic E-state index is 10.6. The number of aliphatic hydroxyl groups is 1. The van der Waals surface area contributed by atoms with Gasteiger partial charge in [0.2, 0.25) is 0 Å². The summed E-state index contributed by atoms with van der Waals surface area (Å²) in [6.07, 6.45) is 1.90. The molecule has 0 aliphatic rings. The average Bonchev–Trinajstić information content (AvgIpc) is 2.77. The molecule has 9 heteroatoms. The van der Waals surface area contributed by atoms with Gasteiger partial charge in [0.25, 0.3) is 0 Å². The van der Waals surface area contributed by atoms with Gasteiger partial charge in [-0.05, 0) is 4.92 Å². The first-order chi connectivity index (χ1) is 8.54. The summed E-state index contributed by atoms with van der Waals surface area (Å²) in [5, 5.41) is 19.5. The van der Waals surface area contributed by atoms with Crippen LogP contribution in [0.15, 0.2) is 12.4 Å². The summed E-state index contributed by atoms with van der Waals surface area (Å²) < 4.78 is 11.0. The second-order valence-corrected chi connectivity index (χ2v) is 3.36. The van der Waals surface area contributed by atoms with E-state index in [0.29, 0.717) is 0 Å². The number of carbonyl (C=O) groups excluding carboxylic acids is 1.